The lowest BCUT2D eigenvalue weighted by Crippen LogP contribution is -2.24. The van der Waals surface area contributed by atoms with Crippen LogP contribution in [0.5, 0.6) is 0 Å². The summed E-state index contributed by atoms with van der Waals surface area (Å²) in [4.78, 5) is 5.02. The molecular weight excluding hydrogens is 386 g/mol. The molecule has 1 aliphatic rings. The van der Waals surface area contributed by atoms with Gasteiger partial charge in [-0.15, -0.1) is 0 Å². The molecule has 1 heterocycles. The Morgan fingerprint density at radius 2 is 1.89 bits per heavy atom. The second-order valence-corrected chi connectivity index (χ2v) is 7.64. The Hall–Kier alpha value is -2.62. The number of nitrogens with zero attached hydrogens (tertiary/aromatic N) is 2. The predicted molar refractivity (Wildman–Crippen MR) is 95.1 cm³/mol. The summed E-state index contributed by atoms with van der Waals surface area (Å²) in [6, 6.07) is 7.05. The Morgan fingerprint density at radius 1 is 1.15 bits per heavy atom. The van der Waals surface area contributed by atoms with Gasteiger partial charge in [0.1, 0.15) is 5.69 Å². The summed E-state index contributed by atoms with van der Waals surface area (Å²) in [5.41, 5.74) is -0.511. The number of sulfonamides is 1. The van der Waals surface area contributed by atoms with E-state index in [0.717, 1.165) is 11.2 Å². The van der Waals surface area contributed by atoms with E-state index in [1.54, 1.807) is 24.3 Å². The molecule has 27 heavy (non-hydrogen) atoms. The van der Waals surface area contributed by atoms with Gasteiger partial charge in [0.2, 0.25) is 10.0 Å². The minimum Gasteiger partial charge on any atom is -0.295 e. The van der Waals surface area contributed by atoms with Gasteiger partial charge in [-0.2, -0.15) is 0 Å². The number of fused-ring (bicyclic) bond motifs is 1. The van der Waals surface area contributed by atoms with E-state index in [4.69, 9.17) is 0 Å². The minimum atomic E-state index is -4.13. The van der Waals surface area contributed by atoms with Crippen molar-refractivity contribution in [2.75, 3.05) is 22.0 Å². The lowest BCUT2D eigenvalue weighted by molar-refractivity contribution is 0.484. The molecule has 0 radical (unpaired) electrons. The molecule has 0 aliphatic carbocycles. The molecule has 1 aliphatic heterocycles. The molecule has 3 rings (SSSR count). The highest BCUT2D eigenvalue weighted by Crippen LogP contribution is 2.37. The van der Waals surface area contributed by atoms with Gasteiger partial charge in [-0.05, 0) is 18.1 Å². The molecule has 5 nitrogen and oxygen atoms in total. The molecule has 2 aromatic rings. The molecule has 10 heteroatoms. The zero-order valence-electron chi connectivity index (χ0n) is 13.9. The SMILES string of the molecule is O=S(=O)(CCCF)Nc1cc(F)c(F)c(N2C=NCc3ccccc32)c1F. The number of para-hydroxylation sites is 1. The quantitative estimate of drug-likeness (QED) is 0.590. The Morgan fingerprint density at radius 3 is 2.63 bits per heavy atom. The average molecular weight is 401 g/mol. The second-order valence-electron chi connectivity index (χ2n) is 5.80. The van der Waals surface area contributed by atoms with E-state index < -0.39 is 51.3 Å². The van der Waals surface area contributed by atoms with Gasteiger partial charge in [-0.1, -0.05) is 18.2 Å². The van der Waals surface area contributed by atoms with Crippen molar-refractivity contribution in [2.45, 2.75) is 13.0 Å². The zero-order chi connectivity index (χ0) is 19.6. The lowest BCUT2D eigenvalue weighted by Gasteiger charge is -2.27. The third kappa shape index (κ3) is 3.90. The summed E-state index contributed by atoms with van der Waals surface area (Å²) in [7, 11) is -4.13. The Labute approximate surface area is 153 Å². The number of halogens is 4. The Kier molecular flexibility index (Phi) is 5.36. The molecule has 0 unspecified atom stereocenters. The summed E-state index contributed by atoms with van der Waals surface area (Å²) in [6.07, 6.45) is 0.838. The van der Waals surface area contributed by atoms with Crippen LogP contribution in [0, 0.1) is 17.5 Å². The first-order valence-electron chi connectivity index (χ1n) is 7.95. The highest BCUT2D eigenvalue weighted by molar-refractivity contribution is 7.92. The number of alkyl halides is 1. The minimum absolute atomic E-state index is 0.286. The van der Waals surface area contributed by atoms with Gasteiger partial charge < -0.3 is 0 Å². The number of benzene rings is 2. The average Bonchev–Trinajstić information content (AvgIpc) is 2.65. The van der Waals surface area contributed by atoms with Crippen LogP contribution < -0.4 is 9.62 Å². The van der Waals surface area contributed by atoms with Crippen molar-refractivity contribution >= 4 is 33.4 Å². The van der Waals surface area contributed by atoms with Crippen LogP contribution in [0.4, 0.5) is 34.6 Å². The van der Waals surface area contributed by atoms with Crippen LogP contribution in [-0.2, 0) is 16.6 Å². The number of anilines is 3. The Balaban J connectivity index is 2.08. The van der Waals surface area contributed by atoms with Crippen molar-refractivity contribution < 1.29 is 26.0 Å². The second kappa shape index (κ2) is 7.55. The fourth-order valence-corrected chi connectivity index (χ4v) is 3.75. The standard InChI is InChI=1S/C17H15F4N3O2S/c18-6-3-7-27(25,26)23-13-8-12(19)15(20)17(16(13)21)24-10-22-9-11-4-1-2-5-14(11)24/h1-2,4-5,8,10,23H,3,6-7,9H2. The first kappa shape index (κ1) is 19.2. The molecular formula is C17H15F4N3O2S. The van der Waals surface area contributed by atoms with Crippen LogP contribution >= 0.6 is 0 Å². The van der Waals surface area contributed by atoms with E-state index in [9.17, 15) is 26.0 Å². The van der Waals surface area contributed by atoms with Crippen LogP contribution in [0.15, 0.2) is 35.3 Å². The van der Waals surface area contributed by atoms with E-state index in [0.29, 0.717) is 17.3 Å². The van der Waals surface area contributed by atoms with Crippen molar-refractivity contribution in [1.82, 2.24) is 0 Å². The normalized spacial score (nSPS) is 13.6. The maximum atomic E-state index is 14.9. The van der Waals surface area contributed by atoms with Gasteiger partial charge in [0.05, 0.1) is 36.7 Å². The van der Waals surface area contributed by atoms with E-state index in [1.165, 1.54) is 0 Å². The van der Waals surface area contributed by atoms with Crippen molar-refractivity contribution in [3.05, 3.63) is 53.3 Å². The lowest BCUT2D eigenvalue weighted by atomic mass is 10.1. The monoisotopic (exact) mass is 401 g/mol. The highest BCUT2D eigenvalue weighted by atomic mass is 32.2. The molecule has 0 aromatic heterocycles. The summed E-state index contributed by atoms with van der Waals surface area (Å²) < 4.78 is 81.3. The Bertz CT molecular complexity index is 996. The molecule has 2 aromatic carbocycles. The third-order valence-corrected chi connectivity index (χ3v) is 5.25. The molecule has 0 bridgehead atoms. The third-order valence-electron chi connectivity index (χ3n) is 3.90. The first-order chi connectivity index (χ1) is 12.8. The van der Waals surface area contributed by atoms with Gasteiger partial charge in [-0.25, -0.2) is 21.6 Å². The van der Waals surface area contributed by atoms with E-state index in [2.05, 4.69) is 4.99 Å². The van der Waals surface area contributed by atoms with Crippen LogP contribution in [0.25, 0.3) is 0 Å². The predicted octanol–water partition coefficient (Wildman–Crippen LogP) is 3.89. The van der Waals surface area contributed by atoms with Gasteiger partial charge in [0.15, 0.2) is 17.5 Å². The number of aliphatic imine (C=N–C) groups is 1. The molecule has 0 amide bonds. The van der Waals surface area contributed by atoms with E-state index >= 15 is 0 Å². The van der Waals surface area contributed by atoms with Crippen molar-refractivity contribution in [3.8, 4) is 0 Å². The molecule has 0 spiro atoms. The van der Waals surface area contributed by atoms with E-state index in [-0.39, 0.29) is 13.0 Å². The number of hydrogen-bond acceptors (Lipinski definition) is 4. The smallest absolute Gasteiger partial charge is 0.232 e. The highest BCUT2D eigenvalue weighted by Gasteiger charge is 2.28. The fraction of sp³-hybridized carbons (Fsp3) is 0.235. The summed E-state index contributed by atoms with van der Waals surface area (Å²) in [5, 5.41) is 0. The fourth-order valence-electron chi connectivity index (χ4n) is 2.68. The molecule has 0 saturated carbocycles. The van der Waals surface area contributed by atoms with Crippen molar-refractivity contribution in [3.63, 3.8) is 0 Å². The van der Waals surface area contributed by atoms with Crippen LogP contribution in [0.3, 0.4) is 0 Å². The molecule has 0 saturated heterocycles. The number of hydrogen-bond donors (Lipinski definition) is 1. The largest absolute Gasteiger partial charge is 0.295 e. The van der Waals surface area contributed by atoms with Gasteiger partial charge in [0, 0.05) is 6.07 Å². The number of rotatable bonds is 6. The molecule has 0 fully saturated rings. The maximum absolute atomic E-state index is 14.9. The van der Waals surface area contributed by atoms with Gasteiger partial charge in [0.25, 0.3) is 0 Å². The van der Waals surface area contributed by atoms with Crippen LogP contribution in [0.2, 0.25) is 0 Å². The number of nitrogens with one attached hydrogen (secondary N) is 1. The van der Waals surface area contributed by atoms with Crippen molar-refractivity contribution in [2.24, 2.45) is 4.99 Å². The molecule has 0 atom stereocenters. The first-order valence-corrected chi connectivity index (χ1v) is 9.60. The van der Waals surface area contributed by atoms with E-state index in [1.807, 2.05) is 4.72 Å². The summed E-state index contributed by atoms with van der Waals surface area (Å²) >= 11 is 0. The van der Waals surface area contributed by atoms with Crippen LogP contribution in [-0.4, -0.2) is 27.2 Å². The van der Waals surface area contributed by atoms with Crippen LogP contribution in [0.1, 0.15) is 12.0 Å². The maximum Gasteiger partial charge on any atom is 0.232 e. The summed E-state index contributed by atoms with van der Waals surface area (Å²) in [5.74, 6) is -4.85. The van der Waals surface area contributed by atoms with Crippen molar-refractivity contribution in [1.29, 1.82) is 0 Å². The molecule has 1 N–H and O–H groups in total. The molecule has 144 valence electrons. The van der Waals surface area contributed by atoms with Gasteiger partial charge >= 0.3 is 0 Å². The zero-order valence-corrected chi connectivity index (χ0v) is 14.7. The van der Waals surface area contributed by atoms with Gasteiger partial charge in [-0.3, -0.25) is 19.0 Å². The topological polar surface area (TPSA) is 61.8 Å². The summed E-state index contributed by atoms with van der Waals surface area (Å²) in [6.45, 7) is -0.596.